The van der Waals surface area contributed by atoms with E-state index in [1.807, 2.05) is 0 Å². The van der Waals surface area contributed by atoms with E-state index in [2.05, 4.69) is 20.8 Å². The summed E-state index contributed by atoms with van der Waals surface area (Å²) in [6, 6.07) is 0. The molecule has 0 aromatic carbocycles. The van der Waals surface area contributed by atoms with Gasteiger partial charge in [0.15, 0.2) is 0 Å². The summed E-state index contributed by atoms with van der Waals surface area (Å²) in [5.41, 5.74) is 0. The van der Waals surface area contributed by atoms with Crippen LogP contribution in [0.15, 0.2) is 0 Å². The Labute approximate surface area is 91.6 Å². The van der Waals surface area contributed by atoms with Crippen LogP contribution in [-0.2, 0) is 0 Å². The van der Waals surface area contributed by atoms with Crippen LogP contribution in [0.25, 0.3) is 0 Å². The first kappa shape index (κ1) is 11.0. The monoisotopic (exact) mass is 364 g/mol. The third kappa shape index (κ3) is 2.69. The topological polar surface area (TPSA) is 20.2 Å². The summed E-state index contributed by atoms with van der Waals surface area (Å²) in [4.78, 5) is 0. The molecule has 2 heteroatoms. The molecule has 0 amide bonds. The first-order chi connectivity index (χ1) is 5.42. The van der Waals surface area contributed by atoms with Gasteiger partial charge >= 0.3 is 91.8 Å². The zero-order valence-electron chi connectivity index (χ0n) is 8.38. The Kier molecular flexibility index (Phi) is 3.60. The van der Waals surface area contributed by atoms with Crippen LogP contribution in [0.1, 0.15) is 40.0 Å². The maximum atomic E-state index is 9.90. The van der Waals surface area contributed by atoms with Crippen LogP contribution in [-0.4, -0.2) is 37.0 Å². The van der Waals surface area contributed by atoms with Crippen LogP contribution in [0.5, 0.6) is 0 Å². The summed E-state index contributed by atoms with van der Waals surface area (Å²) in [5, 5.41) is 9.90. The van der Waals surface area contributed by atoms with Crippen LogP contribution < -0.4 is 0 Å². The maximum absolute atomic E-state index is 9.90. The summed E-state index contributed by atoms with van der Waals surface area (Å²) < 4.78 is 0.533. The van der Waals surface area contributed by atoms with Gasteiger partial charge < -0.3 is 0 Å². The molecule has 1 rings (SSSR count). The molecule has 2 radical (unpaired) electrons. The average molecular weight is 363 g/mol. The van der Waals surface area contributed by atoms with Crippen LogP contribution in [0, 0.1) is 11.8 Å². The van der Waals surface area contributed by atoms with Gasteiger partial charge in [-0.3, -0.25) is 0 Å². The summed E-state index contributed by atoms with van der Waals surface area (Å²) >= 11 is 1.02. The molecule has 0 aromatic heterocycles. The molecule has 1 fully saturated rings. The minimum atomic E-state index is -0.0197. The Morgan fingerprint density at radius 3 is 2.50 bits per heavy atom. The van der Waals surface area contributed by atoms with Crippen molar-refractivity contribution in [2.45, 2.75) is 49.1 Å². The number of aliphatic hydroxyl groups excluding tert-OH is 1. The van der Waals surface area contributed by atoms with Crippen molar-refractivity contribution < 1.29 is 5.11 Å². The number of hydrogen-bond donors (Lipinski definition) is 1. The van der Waals surface area contributed by atoms with Gasteiger partial charge in [-0.2, -0.15) is 0 Å². The Bertz CT molecular complexity index is 154. The molecule has 0 spiro atoms. The standard InChI is InChI=1S/C10H19O.Pb.H/c1-7(2)9-5-4-8(3)6-10(9)11;;/h7,9-11H,4-6H2,1-3H3;;/t9-,10+;;/m0../s1. The predicted molar refractivity (Wildman–Crippen MR) is 53.7 cm³/mol. The second kappa shape index (κ2) is 3.95. The van der Waals surface area contributed by atoms with E-state index in [1.165, 1.54) is 12.8 Å². The minimum absolute atomic E-state index is 0.0197. The SMILES string of the molecule is CC(C)[C@@H]1CC[C@@](C)([PbH])C[C@H]1O. The Morgan fingerprint density at radius 1 is 1.50 bits per heavy atom. The second-order valence-corrected chi connectivity index (χ2v) is 10.3. The van der Waals surface area contributed by atoms with E-state index in [1.54, 1.807) is 0 Å². The number of hydrogen-bond acceptors (Lipinski definition) is 1. The Hall–Kier alpha value is 0.882. The molecular weight excluding hydrogens is 343 g/mol. The normalized spacial score (nSPS) is 43.5. The average Bonchev–Trinajstić information content (AvgIpc) is 1.83. The molecule has 1 aliphatic rings. The zero-order chi connectivity index (χ0) is 9.35. The second-order valence-electron chi connectivity index (χ2n) is 4.87. The molecule has 0 bridgehead atoms. The van der Waals surface area contributed by atoms with Crippen molar-refractivity contribution in [3.63, 3.8) is 0 Å². The van der Waals surface area contributed by atoms with E-state index in [4.69, 9.17) is 0 Å². The fraction of sp³-hybridized carbons (Fsp3) is 1.00. The van der Waals surface area contributed by atoms with Crippen LogP contribution in [0.2, 0.25) is 2.97 Å². The van der Waals surface area contributed by atoms with Gasteiger partial charge in [0.2, 0.25) is 0 Å². The molecule has 3 atom stereocenters. The van der Waals surface area contributed by atoms with E-state index in [0.29, 0.717) is 14.8 Å². The summed E-state index contributed by atoms with van der Waals surface area (Å²) in [6.07, 6.45) is 3.62. The fourth-order valence-corrected chi connectivity index (χ4v) is 3.78. The van der Waals surface area contributed by atoms with Crippen LogP contribution in [0.3, 0.4) is 0 Å². The Morgan fingerprint density at radius 2 is 2.08 bits per heavy atom. The third-order valence-corrected chi connectivity index (χ3v) is 5.11. The number of aliphatic hydroxyl groups is 1. The van der Waals surface area contributed by atoms with Crippen molar-refractivity contribution in [2.75, 3.05) is 0 Å². The molecular formula is C10H20OPb. The van der Waals surface area contributed by atoms with Gasteiger partial charge in [0, 0.05) is 0 Å². The first-order valence-electron chi connectivity index (χ1n) is 4.89. The molecule has 0 saturated heterocycles. The van der Waals surface area contributed by atoms with Gasteiger partial charge in [-0.05, 0) is 0 Å². The fourth-order valence-electron chi connectivity index (χ4n) is 2.20. The third-order valence-electron chi connectivity index (χ3n) is 3.07. The van der Waals surface area contributed by atoms with Gasteiger partial charge in [0.1, 0.15) is 0 Å². The molecule has 70 valence electrons. The molecule has 0 heterocycles. The van der Waals surface area contributed by atoms with Gasteiger partial charge in [0.25, 0.3) is 0 Å². The molecule has 0 aliphatic heterocycles. The summed E-state index contributed by atoms with van der Waals surface area (Å²) in [7, 11) is 0. The number of rotatable bonds is 1. The van der Waals surface area contributed by atoms with Gasteiger partial charge in [-0.15, -0.1) is 0 Å². The Balaban J connectivity index is 2.54. The summed E-state index contributed by atoms with van der Waals surface area (Å²) in [6.45, 7) is 6.79. The molecule has 0 unspecified atom stereocenters. The molecule has 1 saturated carbocycles. The van der Waals surface area contributed by atoms with E-state index >= 15 is 0 Å². The van der Waals surface area contributed by atoms with Crippen molar-refractivity contribution in [1.29, 1.82) is 0 Å². The zero-order valence-corrected chi connectivity index (χ0v) is 12.9. The first-order valence-corrected chi connectivity index (χ1v) is 7.14. The van der Waals surface area contributed by atoms with Gasteiger partial charge in [0.05, 0.1) is 0 Å². The van der Waals surface area contributed by atoms with E-state index in [0.717, 1.165) is 32.2 Å². The molecule has 1 N–H and O–H groups in total. The molecule has 1 nitrogen and oxygen atoms in total. The summed E-state index contributed by atoms with van der Waals surface area (Å²) in [5.74, 6) is 1.22. The van der Waals surface area contributed by atoms with Crippen molar-refractivity contribution in [1.82, 2.24) is 0 Å². The van der Waals surface area contributed by atoms with E-state index in [-0.39, 0.29) is 6.10 Å². The van der Waals surface area contributed by atoms with E-state index < -0.39 is 0 Å². The van der Waals surface area contributed by atoms with Crippen molar-refractivity contribution in [2.24, 2.45) is 11.8 Å². The van der Waals surface area contributed by atoms with Crippen molar-refractivity contribution in [3.8, 4) is 0 Å². The molecule has 0 aromatic rings. The van der Waals surface area contributed by atoms with Crippen LogP contribution >= 0.6 is 0 Å². The van der Waals surface area contributed by atoms with Gasteiger partial charge in [-0.1, -0.05) is 0 Å². The van der Waals surface area contributed by atoms with E-state index in [9.17, 15) is 5.11 Å². The van der Waals surface area contributed by atoms with Crippen molar-refractivity contribution in [3.05, 3.63) is 0 Å². The molecule has 1 aliphatic carbocycles. The van der Waals surface area contributed by atoms with Gasteiger partial charge in [-0.25, -0.2) is 0 Å². The van der Waals surface area contributed by atoms with Crippen molar-refractivity contribution >= 4 is 25.8 Å². The quantitative estimate of drug-likeness (QED) is 0.706. The van der Waals surface area contributed by atoms with Crippen LogP contribution in [0.4, 0.5) is 0 Å². The predicted octanol–water partition coefficient (Wildman–Crippen LogP) is 1.88. The molecule has 12 heavy (non-hydrogen) atoms.